The van der Waals surface area contributed by atoms with E-state index >= 15 is 0 Å². The van der Waals surface area contributed by atoms with Gasteiger partial charge in [-0.1, -0.05) is 98.1 Å². The van der Waals surface area contributed by atoms with Gasteiger partial charge in [-0.2, -0.15) is 0 Å². The van der Waals surface area contributed by atoms with Crippen molar-refractivity contribution in [2.75, 3.05) is 23.7 Å². The van der Waals surface area contributed by atoms with Gasteiger partial charge in [0.05, 0.1) is 11.8 Å². The third-order valence-electron chi connectivity index (χ3n) is 8.08. The number of rotatable bonds is 6. The van der Waals surface area contributed by atoms with E-state index in [-0.39, 0.29) is 35.5 Å². The Hall–Kier alpha value is -5.76. The van der Waals surface area contributed by atoms with E-state index in [0.717, 1.165) is 33.6 Å². The highest BCUT2D eigenvalue weighted by atomic mass is 16.2. The molecule has 2 aliphatic heterocycles. The molecule has 2 atom stereocenters. The summed E-state index contributed by atoms with van der Waals surface area (Å²) < 4.78 is 0. The van der Waals surface area contributed by atoms with Crippen LogP contribution in [0.4, 0.5) is 11.4 Å². The Morgan fingerprint density at radius 2 is 0.891 bits per heavy atom. The van der Waals surface area contributed by atoms with Gasteiger partial charge < -0.3 is 20.4 Å². The SMILES string of the molecule is C=CC(=O)N1Cc2ccccc2[C@@H](C(=O)Nc2ccccc2)C1.C=CC(=O)N1Cc2ccccc2[C@H](C(=O)Nc2ccccc2)C1. The van der Waals surface area contributed by atoms with Crippen molar-refractivity contribution in [2.24, 2.45) is 0 Å². The number of amides is 4. The molecule has 0 unspecified atom stereocenters. The molecule has 4 aromatic carbocycles. The van der Waals surface area contributed by atoms with E-state index in [0.29, 0.717) is 26.2 Å². The van der Waals surface area contributed by atoms with Crippen LogP contribution >= 0.6 is 0 Å². The average molecular weight is 613 g/mol. The molecule has 4 amide bonds. The van der Waals surface area contributed by atoms with E-state index in [2.05, 4.69) is 23.8 Å². The molecule has 2 heterocycles. The minimum Gasteiger partial charge on any atom is -0.334 e. The zero-order valence-electron chi connectivity index (χ0n) is 25.5. The fourth-order valence-electron chi connectivity index (χ4n) is 5.76. The summed E-state index contributed by atoms with van der Waals surface area (Å²) in [5.74, 6) is -1.29. The minimum absolute atomic E-state index is 0.106. The van der Waals surface area contributed by atoms with E-state index in [1.807, 2.05) is 109 Å². The number of anilines is 2. The third-order valence-corrected chi connectivity index (χ3v) is 8.08. The van der Waals surface area contributed by atoms with Gasteiger partial charge in [0.15, 0.2) is 0 Å². The zero-order chi connectivity index (χ0) is 32.5. The van der Waals surface area contributed by atoms with Crippen molar-refractivity contribution in [3.63, 3.8) is 0 Å². The van der Waals surface area contributed by atoms with Gasteiger partial charge in [-0.15, -0.1) is 0 Å². The summed E-state index contributed by atoms with van der Waals surface area (Å²) in [6.45, 7) is 8.82. The fourth-order valence-corrected chi connectivity index (χ4v) is 5.76. The van der Waals surface area contributed by atoms with Crippen LogP contribution in [0, 0.1) is 0 Å². The lowest BCUT2D eigenvalue weighted by molar-refractivity contribution is -0.129. The Morgan fingerprint density at radius 1 is 0.543 bits per heavy atom. The second-order valence-electron chi connectivity index (χ2n) is 11.1. The Balaban J connectivity index is 0.000000181. The lowest BCUT2D eigenvalue weighted by atomic mass is 9.89. The van der Waals surface area contributed by atoms with Crippen LogP contribution in [-0.2, 0) is 32.3 Å². The standard InChI is InChI=1S/2C19H18N2O2/c2*1-2-18(22)21-12-14-8-6-7-11-16(14)17(13-21)19(23)20-15-9-4-3-5-10-15/h2*2-11,17H,1,12-13H2,(H,20,23)/t2*17-/m10/s1. The van der Waals surface area contributed by atoms with Crippen molar-refractivity contribution in [1.82, 2.24) is 9.80 Å². The maximum Gasteiger partial charge on any atom is 0.246 e. The van der Waals surface area contributed by atoms with Crippen LogP contribution in [0.25, 0.3) is 0 Å². The van der Waals surface area contributed by atoms with Crippen LogP contribution in [0.5, 0.6) is 0 Å². The molecule has 0 fully saturated rings. The number of hydrogen-bond acceptors (Lipinski definition) is 4. The molecule has 8 nitrogen and oxygen atoms in total. The van der Waals surface area contributed by atoms with Gasteiger partial charge >= 0.3 is 0 Å². The third kappa shape index (κ3) is 7.47. The first kappa shape index (κ1) is 31.7. The predicted molar refractivity (Wildman–Crippen MR) is 180 cm³/mol. The number of nitrogens with one attached hydrogen (secondary N) is 2. The normalized spacial score (nSPS) is 16.3. The summed E-state index contributed by atoms with van der Waals surface area (Å²) >= 11 is 0. The van der Waals surface area contributed by atoms with Crippen LogP contribution in [0.1, 0.15) is 34.1 Å². The molecule has 4 aromatic rings. The molecule has 0 aliphatic carbocycles. The lowest BCUT2D eigenvalue weighted by Gasteiger charge is -2.33. The molecule has 6 rings (SSSR count). The molecule has 0 saturated carbocycles. The number of benzene rings is 4. The number of hydrogen-bond donors (Lipinski definition) is 2. The van der Waals surface area contributed by atoms with Crippen LogP contribution < -0.4 is 10.6 Å². The molecule has 0 saturated heterocycles. The smallest absolute Gasteiger partial charge is 0.246 e. The zero-order valence-corrected chi connectivity index (χ0v) is 25.5. The number of fused-ring (bicyclic) bond motifs is 2. The summed E-state index contributed by atoms with van der Waals surface area (Å²) in [4.78, 5) is 52.7. The van der Waals surface area contributed by atoms with E-state index in [1.54, 1.807) is 9.80 Å². The molecule has 46 heavy (non-hydrogen) atoms. The van der Waals surface area contributed by atoms with Gasteiger partial charge in [-0.25, -0.2) is 0 Å². The number of nitrogens with zero attached hydrogens (tertiary/aromatic N) is 2. The van der Waals surface area contributed by atoms with Gasteiger partial charge in [0.1, 0.15) is 0 Å². The maximum atomic E-state index is 12.7. The molecule has 0 aromatic heterocycles. The lowest BCUT2D eigenvalue weighted by Crippen LogP contribution is -2.41. The first-order chi connectivity index (χ1) is 22.4. The molecule has 2 N–H and O–H groups in total. The molecular weight excluding hydrogens is 576 g/mol. The van der Waals surface area contributed by atoms with E-state index < -0.39 is 0 Å². The second-order valence-corrected chi connectivity index (χ2v) is 11.1. The van der Waals surface area contributed by atoms with Crippen molar-refractivity contribution >= 4 is 35.0 Å². The highest BCUT2D eigenvalue weighted by molar-refractivity contribution is 5.98. The minimum atomic E-state index is -0.385. The van der Waals surface area contributed by atoms with Crippen LogP contribution in [-0.4, -0.2) is 46.5 Å². The average Bonchev–Trinajstić information content (AvgIpc) is 3.11. The first-order valence-electron chi connectivity index (χ1n) is 15.1. The van der Waals surface area contributed by atoms with Crippen LogP contribution in [0.15, 0.2) is 135 Å². The van der Waals surface area contributed by atoms with Crippen LogP contribution in [0.2, 0.25) is 0 Å². The predicted octanol–water partition coefficient (Wildman–Crippen LogP) is 5.87. The summed E-state index contributed by atoms with van der Waals surface area (Å²) in [6, 6.07) is 34.2. The number of carbonyl (C=O) groups excluding carboxylic acids is 4. The Bertz CT molecular complexity index is 1610. The number of para-hydroxylation sites is 2. The van der Waals surface area contributed by atoms with E-state index in [4.69, 9.17) is 0 Å². The molecular formula is C38H36N4O4. The summed E-state index contributed by atoms with van der Waals surface area (Å²) in [6.07, 6.45) is 2.58. The molecule has 2 aliphatic rings. The highest BCUT2D eigenvalue weighted by Crippen LogP contribution is 2.31. The summed E-state index contributed by atoms with van der Waals surface area (Å²) in [5.41, 5.74) is 5.47. The monoisotopic (exact) mass is 612 g/mol. The molecule has 0 radical (unpaired) electrons. The quantitative estimate of drug-likeness (QED) is 0.266. The number of carbonyl (C=O) groups is 4. The van der Waals surface area contributed by atoms with Gasteiger partial charge in [0, 0.05) is 37.6 Å². The van der Waals surface area contributed by atoms with Gasteiger partial charge in [0.2, 0.25) is 23.6 Å². The van der Waals surface area contributed by atoms with Gasteiger partial charge in [-0.05, 0) is 58.7 Å². The van der Waals surface area contributed by atoms with Crippen molar-refractivity contribution in [3.8, 4) is 0 Å². The molecule has 0 bridgehead atoms. The Labute approximate surface area is 269 Å². The van der Waals surface area contributed by atoms with Crippen molar-refractivity contribution in [2.45, 2.75) is 24.9 Å². The van der Waals surface area contributed by atoms with Crippen molar-refractivity contribution < 1.29 is 19.2 Å². The van der Waals surface area contributed by atoms with Gasteiger partial charge in [0.25, 0.3) is 0 Å². The highest BCUT2D eigenvalue weighted by Gasteiger charge is 2.33. The van der Waals surface area contributed by atoms with E-state index in [1.165, 1.54) is 12.2 Å². The van der Waals surface area contributed by atoms with Crippen molar-refractivity contribution in [1.29, 1.82) is 0 Å². The first-order valence-corrected chi connectivity index (χ1v) is 15.1. The summed E-state index contributed by atoms with van der Waals surface area (Å²) in [5, 5.41) is 5.85. The van der Waals surface area contributed by atoms with E-state index in [9.17, 15) is 19.2 Å². The van der Waals surface area contributed by atoms with Crippen molar-refractivity contribution in [3.05, 3.63) is 157 Å². The summed E-state index contributed by atoms with van der Waals surface area (Å²) in [7, 11) is 0. The fraction of sp³-hybridized carbons (Fsp3) is 0.158. The molecule has 0 spiro atoms. The molecule has 232 valence electrons. The Morgan fingerprint density at radius 3 is 1.26 bits per heavy atom. The Kier molecular flexibility index (Phi) is 10.2. The van der Waals surface area contributed by atoms with Gasteiger partial charge in [-0.3, -0.25) is 19.2 Å². The maximum absolute atomic E-state index is 12.7. The largest absolute Gasteiger partial charge is 0.334 e. The second kappa shape index (κ2) is 14.8. The molecule has 8 heteroatoms. The topological polar surface area (TPSA) is 98.8 Å². The van der Waals surface area contributed by atoms with Crippen LogP contribution in [0.3, 0.4) is 0 Å².